The molecule has 3 heteroatoms. The average molecular weight is 268 g/mol. The van der Waals surface area contributed by atoms with Crippen LogP contribution < -0.4 is 10.5 Å². The summed E-state index contributed by atoms with van der Waals surface area (Å²) in [6, 6.07) is 4.29. The van der Waals surface area contributed by atoms with Gasteiger partial charge < -0.3 is 10.5 Å². The second kappa shape index (κ2) is 5.50. The van der Waals surface area contributed by atoms with Crippen molar-refractivity contribution in [3.05, 3.63) is 28.3 Å². The standard InChI is InChI=1S/C15H22ClNO/c1-3-11-8-12(9-13(16)14(11)18-2)15(10-17)6-4-5-7-15/h8-9H,3-7,10,17H2,1-2H3. The van der Waals surface area contributed by atoms with Crippen LogP contribution in [0.3, 0.4) is 0 Å². The first-order valence-corrected chi connectivity index (χ1v) is 7.11. The Kier molecular flexibility index (Phi) is 4.18. The first kappa shape index (κ1) is 13.7. The van der Waals surface area contributed by atoms with Crippen LogP contribution in [-0.4, -0.2) is 13.7 Å². The van der Waals surface area contributed by atoms with Gasteiger partial charge in [-0.25, -0.2) is 0 Å². The molecule has 0 aromatic heterocycles. The summed E-state index contributed by atoms with van der Waals surface area (Å²) in [5.41, 5.74) is 8.65. The Hall–Kier alpha value is -0.730. The molecule has 0 amide bonds. The first-order valence-electron chi connectivity index (χ1n) is 6.74. The molecule has 0 atom stereocenters. The van der Waals surface area contributed by atoms with Crippen LogP contribution in [0.4, 0.5) is 0 Å². The van der Waals surface area contributed by atoms with Crippen LogP contribution in [0.5, 0.6) is 5.75 Å². The molecular weight excluding hydrogens is 246 g/mol. The van der Waals surface area contributed by atoms with Crippen LogP contribution in [0.15, 0.2) is 12.1 Å². The molecule has 0 aliphatic heterocycles. The van der Waals surface area contributed by atoms with E-state index in [4.69, 9.17) is 22.1 Å². The molecule has 1 aromatic rings. The third-order valence-corrected chi connectivity index (χ3v) is 4.55. The summed E-state index contributed by atoms with van der Waals surface area (Å²) in [4.78, 5) is 0. The van der Waals surface area contributed by atoms with Gasteiger partial charge in [0.15, 0.2) is 0 Å². The maximum absolute atomic E-state index is 6.35. The van der Waals surface area contributed by atoms with E-state index in [1.165, 1.54) is 36.8 Å². The van der Waals surface area contributed by atoms with Crippen LogP contribution >= 0.6 is 11.6 Å². The van der Waals surface area contributed by atoms with E-state index in [-0.39, 0.29) is 5.41 Å². The Morgan fingerprint density at radius 2 is 2.00 bits per heavy atom. The molecule has 1 aliphatic carbocycles. The van der Waals surface area contributed by atoms with E-state index in [1.54, 1.807) is 7.11 Å². The number of halogens is 1. The zero-order valence-electron chi connectivity index (χ0n) is 11.3. The Morgan fingerprint density at radius 1 is 1.33 bits per heavy atom. The summed E-state index contributed by atoms with van der Waals surface area (Å²) >= 11 is 6.35. The van der Waals surface area contributed by atoms with Gasteiger partial charge in [-0.1, -0.05) is 37.4 Å². The van der Waals surface area contributed by atoms with Gasteiger partial charge in [-0.15, -0.1) is 0 Å². The highest BCUT2D eigenvalue weighted by Crippen LogP contribution is 2.43. The van der Waals surface area contributed by atoms with Gasteiger partial charge in [-0.3, -0.25) is 0 Å². The topological polar surface area (TPSA) is 35.2 Å². The Labute approximate surface area is 114 Å². The number of aryl methyl sites for hydroxylation is 1. The molecule has 1 fully saturated rings. The summed E-state index contributed by atoms with van der Waals surface area (Å²) in [7, 11) is 1.67. The van der Waals surface area contributed by atoms with Gasteiger partial charge in [-0.05, 0) is 36.5 Å². The van der Waals surface area contributed by atoms with Crippen LogP contribution in [-0.2, 0) is 11.8 Å². The summed E-state index contributed by atoms with van der Waals surface area (Å²) < 4.78 is 5.39. The highest BCUT2D eigenvalue weighted by Gasteiger charge is 2.35. The van der Waals surface area contributed by atoms with Crippen LogP contribution in [0.25, 0.3) is 0 Å². The highest BCUT2D eigenvalue weighted by atomic mass is 35.5. The molecule has 0 saturated heterocycles. The van der Waals surface area contributed by atoms with Gasteiger partial charge in [0.05, 0.1) is 12.1 Å². The number of methoxy groups -OCH3 is 1. The summed E-state index contributed by atoms with van der Waals surface area (Å²) in [5.74, 6) is 0.813. The molecular formula is C15H22ClNO. The van der Waals surface area contributed by atoms with Gasteiger partial charge in [0, 0.05) is 12.0 Å². The fraction of sp³-hybridized carbons (Fsp3) is 0.600. The lowest BCUT2D eigenvalue weighted by Crippen LogP contribution is -2.32. The summed E-state index contributed by atoms with van der Waals surface area (Å²) in [6.07, 6.45) is 5.81. The lowest BCUT2D eigenvalue weighted by molar-refractivity contribution is 0.407. The molecule has 1 saturated carbocycles. The smallest absolute Gasteiger partial charge is 0.140 e. The Balaban J connectivity index is 2.48. The molecule has 1 aromatic carbocycles. The third-order valence-electron chi connectivity index (χ3n) is 4.27. The van der Waals surface area contributed by atoms with Gasteiger partial charge in [-0.2, -0.15) is 0 Å². The van der Waals surface area contributed by atoms with Gasteiger partial charge >= 0.3 is 0 Å². The number of benzene rings is 1. The van der Waals surface area contributed by atoms with E-state index in [9.17, 15) is 0 Å². The van der Waals surface area contributed by atoms with Crippen LogP contribution in [0.1, 0.15) is 43.7 Å². The van der Waals surface area contributed by atoms with Crippen LogP contribution in [0, 0.1) is 0 Å². The fourth-order valence-corrected chi connectivity index (χ4v) is 3.43. The van der Waals surface area contributed by atoms with Crippen molar-refractivity contribution in [1.82, 2.24) is 0 Å². The van der Waals surface area contributed by atoms with E-state index in [2.05, 4.69) is 19.1 Å². The van der Waals surface area contributed by atoms with Gasteiger partial charge in [0.2, 0.25) is 0 Å². The highest BCUT2D eigenvalue weighted by molar-refractivity contribution is 6.32. The predicted octanol–water partition coefficient (Wildman–Crippen LogP) is 3.68. The molecule has 0 heterocycles. The lowest BCUT2D eigenvalue weighted by atomic mass is 9.78. The maximum Gasteiger partial charge on any atom is 0.140 e. The number of rotatable bonds is 4. The number of nitrogens with two attached hydrogens (primary N) is 1. The molecule has 0 radical (unpaired) electrons. The first-order chi connectivity index (χ1) is 8.66. The largest absolute Gasteiger partial charge is 0.495 e. The van der Waals surface area contributed by atoms with E-state index >= 15 is 0 Å². The second-order valence-electron chi connectivity index (χ2n) is 5.20. The normalized spacial score (nSPS) is 18.0. The molecule has 2 N–H and O–H groups in total. The van der Waals surface area contributed by atoms with Gasteiger partial charge in [0.25, 0.3) is 0 Å². The maximum atomic E-state index is 6.35. The monoisotopic (exact) mass is 267 g/mol. The molecule has 2 nitrogen and oxygen atoms in total. The van der Waals surface area contributed by atoms with Crippen molar-refractivity contribution < 1.29 is 4.74 Å². The van der Waals surface area contributed by atoms with Gasteiger partial charge in [0.1, 0.15) is 5.75 Å². The number of hydrogen-bond donors (Lipinski definition) is 1. The van der Waals surface area contributed by atoms with Crippen LogP contribution in [0.2, 0.25) is 5.02 Å². The summed E-state index contributed by atoms with van der Waals surface area (Å²) in [5, 5.41) is 0.714. The van der Waals surface area contributed by atoms with Crippen molar-refractivity contribution in [2.24, 2.45) is 5.73 Å². The van der Waals surface area contributed by atoms with Crippen molar-refractivity contribution >= 4 is 11.6 Å². The van der Waals surface area contributed by atoms with E-state index in [1.807, 2.05) is 0 Å². The van der Waals surface area contributed by atoms with Crippen molar-refractivity contribution in [3.8, 4) is 5.75 Å². The third kappa shape index (κ3) is 2.24. The quantitative estimate of drug-likeness (QED) is 0.903. The molecule has 0 bridgehead atoms. The van der Waals surface area contributed by atoms with Crippen molar-refractivity contribution in [1.29, 1.82) is 0 Å². The van der Waals surface area contributed by atoms with Crippen molar-refractivity contribution in [2.45, 2.75) is 44.4 Å². The zero-order chi connectivity index (χ0) is 13.2. The zero-order valence-corrected chi connectivity index (χ0v) is 12.0. The van der Waals surface area contributed by atoms with Crippen molar-refractivity contribution in [2.75, 3.05) is 13.7 Å². The lowest BCUT2D eigenvalue weighted by Gasteiger charge is -2.29. The molecule has 0 unspecified atom stereocenters. The molecule has 18 heavy (non-hydrogen) atoms. The second-order valence-corrected chi connectivity index (χ2v) is 5.60. The number of ether oxygens (including phenoxy) is 1. The summed E-state index contributed by atoms with van der Waals surface area (Å²) in [6.45, 7) is 2.83. The minimum atomic E-state index is 0.139. The predicted molar refractivity (Wildman–Crippen MR) is 76.6 cm³/mol. The van der Waals surface area contributed by atoms with E-state index < -0.39 is 0 Å². The Morgan fingerprint density at radius 3 is 2.50 bits per heavy atom. The van der Waals surface area contributed by atoms with E-state index in [0.717, 1.165) is 12.2 Å². The Bertz CT molecular complexity index is 425. The number of hydrogen-bond acceptors (Lipinski definition) is 2. The van der Waals surface area contributed by atoms with E-state index in [0.29, 0.717) is 11.6 Å². The average Bonchev–Trinajstić information content (AvgIpc) is 2.87. The molecule has 100 valence electrons. The fourth-order valence-electron chi connectivity index (χ4n) is 3.11. The molecule has 0 spiro atoms. The minimum absolute atomic E-state index is 0.139. The molecule has 1 aliphatic rings. The minimum Gasteiger partial charge on any atom is -0.495 e. The SMILES string of the molecule is CCc1cc(C2(CN)CCCC2)cc(Cl)c1OC. The molecule has 2 rings (SSSR count). The van der Waals surface area contributed by atoms with Crippen molar-refractivity contribution in [3.63, 3.8) is 0 Å².